The predicted octanol–water partition coefficient (Wildman–Crippen LogP) is 3.75. The van der Waals surface area contributed by atoms with Gasteiger partial charge in [0.1, 0.15) is 17.3 Å². The van der Waals surface area contributed by atoms with E-state index in [9.17, 15) is 0 Å². The summed E-state index contributed by atoms with van der Waals surface area (Å²) in [5.74, 6) is 3.01. The smallest absolute Gasteiger partial charge is 0.118 e. The highest BCUT2D eigenvalue weighted by Gasteiger charge is 2.06. The number of methoxy groups -OCH3 is 1. The molecule has 1 heterocycles. The molecule has 0 radical (unpaired) electrons. The standard InChI is InChI=1S/C15H18O2/c1-4-15-11(2)9-14(17-15)10-12-5-7-13(16-3)8-6-12/h5-9H,4,10H2,1-3H3. The molecule has 0 aliphatic heterocycles. The second-order valence-corrected chi connectivity index (χ2v) is 4.20. The Hall–Kier alpha value is -1.70. The first-order valence-corrected chi connectivity index (χ1v) is 5.94. The first-order valence-electron chi connectivity index (χ1n) is 5.94. The molecule has 0 aliphatic rings. The van der Waals surface area contributed by atoms with Crippen LogP contribution in [0.3, 0.4) is 0 Å². The maximum atomic E-state index is 5.79. The lowest BCUT2D eigenvalue weighted by atomic mass is 10.1. The number of ether oxygens (including phenoxy) is 1. The average Bonchev–Trinajstić information content (AvgIpc) is 2.70. The lowest BCUT2D eigenvalue weighted by molar-refractivity contribution is 0.414. The molecule has 1 aromatic carbocycles. The molecular formula is C15H18O2. The van der Waals surface area contributed by atoms with E-state index in [1.807, 2.05) is 12.1 Å². The summed E-state index contributed by atoms with van der Waals surface area (Å²) in [7, 11) is 1.68. The van der Waals surface area contributed by atoms with E-state index >= 15 is 0 Å². The van der Waals surface area contributed by atoms with Gasteiger partial charge in [-0.15, -0.1) is 0 Å². The van der Waals surface area contributed by atoms with E-state index in [-0.39, 0.29) is 0 Å². The van der Waals surface area contributed by atoms with Crippen LogP contribution in [-0.4, -0.2) is 7.11 Å². The summed E-state index contributed by atoms with van der Waals surface area (Å²) in [4.78, 5) is 0. The Morgan fingerprint density at radius 3 is 2.41 bits per heavy atom. The second-order valence-electron chi connectivity index (χ2n) is 4.20. The fourth-order valence-corrected chi connectivity index (χ4v) is 1.97. The molecule has 0 spiro atoms. The van der Waals surface area contributed by atoms with Crippen LogP contribution in [0.5, 0.6) is 5.75 Å². The first-order chi connectivity index (χ1) is 8.22. The van der Waals surface area contributed by atoms with Gasteiger partial charge in [-0.05, 0) is 36.2 Å². The van der Waals surface area contributed by atoms with Crippen LogP contribution in [0.4, 0.5) is 0 Å². The molecule has 0 N–H and O–H groups in total. The summed E-state index contributed by atoms with van der Waals surface area (Å²) in [5.41, 5.74) is 2.48. The van der Waals surface area contributed by atoms with E-state index < -0.39 is 0 Å². The van der Waals surface area contributed by atoms with Crippen molar-refractivity contribution in [2.45, 2.75) is 26.7 Å². The first kappa shape index (κ1) is 11.8. The van der Waals surface area contributed by atoms with Crippen LogP contribution in [0, 0.1) is 6.92 Å². The van der Waals surface area contributed by atoms with Crippen molar-refractivity contribution in [3.8, 4) is 5.75 Å². The van der Waals surface area contributed by atoms with Gasteiger partial charge in [-0.25, -0.2) is 0 Å². The van der Waals surface area contributed by atoms with Gasteiger partial charge in [-0.2, -0.15) is 0 Å². The number of aryl methyl sites for hydroxylation is 2. The average molecular weight is 230 g/mol. The van der Waals surface area contributed by atoms with E-state index in [4.69, 9.17) is 9.15 Å². The van der Waals surface area contributed by atoms with Crippen molar-refractivity contribution in [1.29, 1.82) is 0 Å². The molecule has 0 saturated heterocycles. The third kappa shape index (κ3) is 2.70. The minimum Gasteiger partial charge on any atom is -0.497 e. The molecular weight excluding hydrogens is 212 g/mol. The highest BCUT2D eigenvalue weighted by atomic mass is 16.5. The fourth-order valence-electron chi connectivity index (χ4n) is 1.97. The Morgan fingerprint density at radius 1 is 1.18 bits per heavy atom. The predicted molar refractivity (Wildman–Crippen MR) is 68.6 cm³/mol. The molecule has 0 amide bonds. The van der Waals surface area contributed by atoms with Gasteiger partial charge < -0.3 is 9.15 Å². The lowest BCUT2D eigenvalue weighted by Gasteiger charge is -2.01. The molecule has 2 rings (SSSR count). The maximum absolute atomic E-state index is 5.79. The van der Waals surface area contributed by atoms with Crippen molar-refractivity contribution in [3.05, 3.63) is 53.0 Å². The molecule has 2 heteroatoms. The fraction of sp³-hybridized carbons (Fsp3) is 0.333. The maximum Gasteiger partial charge on any atom is 0.118 e. The normalized spacial score (nSPS) is 10.5. The zero-order valence-electron chi connectivity index (χ0n) is 10.6. The highest BCUT2D eigenvalue weighted by molar-refractivity contribution is 5.30. The minimum absolute atomic E-state index is 0.838. The van der Waals surface area contributed by atoms with Crippen LogP contribution >= 0.6 is 0 Å². The van der Waals surface area contributed by atoms with Crippen molar-refractivity contribution >= 4 is 0 Å². The van der Waals surface area contributed by atoms with Gasteiger partial charge in [-0.1, -0.05) is 19.1 Å². The Bertz CT molecular complexity index is 480. The van der Waals surface area contributed by atoms with Crippen LogP contribution in [0.25, 0.3) is 0 Å². The largest absolute Gasteiger partial charge is 0.497 e. The number of benzene rings is 1. The van der Waals surface area contributed by atoms with E-state index in [1.165, 1.54) is 11.1 Å². The summed E-state index contributed by atoms with van der Waals surface area (Å²) in [6, 6.07) is 10.2. The number of hydrogen-bond acceptors (Lipinski definition) is 2. The van der Waals surface area contributed by atoms with Gasteiger partial charge in [0.15, 0.2) is 0 Å². The Balaban J connectivity index is 2.13. The highest BCUT2D eigenvalue weighted by Crippen LogP contribution is 2.19. The van der Waals surface area contributed by atoms with Gasteiger partial charge in [0, 0.05) is 12.8 Å². The summed E-state index contributed by atoms with van der Waals surface area (Å²) in [5, 5.41) is 0. The van der Waals surface area contributed by atoms with E-state index in [0.717, 1.165) is 30.1 Å². The molecule has 0 atom stereocenters. The van der Waals surface area contributed by atoms with Crippen LogP contribution in [0.2, 0.25) is 0 Å². The van der Waals surface area contributed by atoms with E-state index in [1.54, 1.807) is 7.11 Å². The summed E-state index contributed by atoms with van der Waals surface area (Å²) in [6.07, 6.45) is 1.79. The van der Waals surface area contributed by atoms with Gasteiger partial charge >= 0.3 is 0 Å². The van der Waals surface area contributed by atoms with Crippen LogP contribution in [-0.2, 0) is 12.8 Å². The summed E-state index contributed by atoms with van der Waals surface area (Å²) >= 11 is 0. The quantitative estimate of drug-likeness (QED) is 0.798. The van der Waals surface area contributed by atoms with Gasteiger partial charge in [0.2, 0.25) is 0 Å². The molecule has 1 aromatic heterocycles. The molecule has 0 unspecified atom stereocenters. The van der Waals surface area contributed by atoms with Gasteiger partial charge in [0.05, 0.1) is 7.11 Å². The van der Waals surface area contributed by atoms with Crippen LogP contribution in [0.15, 0.2) is 34.7 Å². The minimum atomic E-state index is 0.838. The molecule has 2 nitrogen and oxygen atoms in total. The Morgan fingerprint density at radius 2 is 1.88 bits per heavy atom. The molecule has 0 aliphatic carbocycles. The second kappa shape index (κ2) is 5.09. The zero-order valence-corrected chi connectivity index (χ0v) is 10.6. The van der Waals surface area contributed by atoms with E-state index in [0.29, 0.717) is 0 Å². The molecule has 0 bridgehead atoms. The molecule has 0 fully saturated rings. The molecule has 90 valence electrons. The number of rotatable bonds is 4. The van der Waals surface area contributed by atoms with Crippen molar-refractivity contribution < 1.29 is 9.15 Å². The third-order valence-corrected chi connectivity index (χ3v) is 2.93. The van der Waals surface area contributed by atoms with Crippen LogP contribution < -0.4 is 4.74 Å². The Kier molecular flexibility index (Phi) is 3.52. The van der Waals surface area contributed by atoms with Crippen molar-refractivity contribution in [3.63, 3.8) is 0 Å². The zero-order chi connectivity index (χ0) is 12.3. The van der Waals surface area contributed by atoms with E-state index in [2.05, 4.69) is 32.0 Å². The SMILES string of the molecule is CCc1oc(Cc2ccc(OC)cc2)cc1C. The topological polar surface area (TPSA) is 22.4 Å². The molecule has 0 saturated carbocycles. The number of furan rings is 1. The lowest BCUT2D eigenvalue weighted by Crippen LogP contribution is -1.87. The molecule has 17 heavy (non-hydrogen) atoms. The van der Waals surface area contributed by atoms with Gasteiger partial charge in [-0.3, -0.25) is 0 Å². The number of hydrogen-bond donors (Lipinski definition) is 0. The van der Waals surface area contributed by atoms with Crippen molar-refractivity contribution in [2.24, 2.45) is 0 Å². The summed E-state index contributed by atoms with van der Waals surface area (Å²) in [6.45, 7) is 4.21. The van der Waals surface area contributed by atoms with Crippen LogP contribution in [0.1, 0.15) is 29.6 Å². The van der Waals surface area contributed by atoms with Crippen molar-refractivity contribution in [2.75, 3.05) is 7.11 Å². The Labute approximate surface area is 102 Å². The monoisotopic (exact) mass is 230 g/mol. The molecule has 2 aromatic rings. The van der Waals surface area contributed by atoms with Gasteiger partial charge in [0.25, 0.3) is 0 Å². The third-order valence-electron chi connectivity index (χ3n) is 2.93. The summed E-state index contributed by atoms with van der Waals surface area (Å²) < 4.78 is 10.9. The van der Waals surface area contributed by atoms with Crippen molar-refractivity contribution in [1.82, 2.24) is 0 Å².